The van der Waals surface area contributed by atoms with Crippen molar-refractivity contribution in [2.45, 2.75) is 27.7 Å². The first-order valence-corrected chi connectivity index (χ1v) is 3.21. The van der Waals surface area contributed by atoms with Gasteiger partial charge in [-0.3, -0.25) is 4.79 Å². The van der Waals surface area contributed by atoms with Crippen LogP contribution in [-0.4, -0.2) is 12.3 Å². The fourth-order valence-corrected chi connectivity index (χ4v) is 0. The van der Waals surface area contributed by atoms with Crippen molar-refractivity contribution < 1.29 is 19.8 Å². The molecule has 0 saturated heterocycles. The summed E-state index contributed by atoms with van der Waals surface area (Å²) in [5.41, 5.74) is 0. The average molecular weight is 717 g/mol. The second-order valence-corrected chi connectivity index (χ2v) is 0.924. The zero-order chi connectivity index (χ0) is 11.0. The Bertz CT molecular complexity index is 85.0. The molecule has 0 aliphatic heterocycles. The van der Waals surface area contributed by atoms with Crippen molar-refractivity contribution in [3.05, 3.63) is 13.6 Å². The monoisotopic (exact) mass is 717 g/mol. The van der Waals surface area contributed by atoms with Crippen LogP contribution in [0.15, 0.2) is 0 Å². The SMILES string of the molecule is CC(=O)F.CC=O.C[CH-]F.[CH2-]C.[H-].[Rf].[Rf]. The Balaban J connectivity index is -0.0000000109. The zero-order valence-electron chi connectivity index (χ0n) is 10.3. The van der Waals surface area contributed by atoms with Crippen molar-refractivity contribution in [3.8, 4) is 0 Å². The van der Waals surface area contributed by atoms with E-state index in [9.17, 15) is 8.78 Å². The molecule has 0 aliphatic carbocycles. The maximum atomic E-state index is 10.4. The van der Waals surface area contributed by atoms with Gasteiger partial charge in [-0.15, -0.1) is 0 Å². The van der Waals surface area contributed by atoms with Crippen molar-refractivity contribution >= 4 is 12.3 Å². The van der Waals surface area contributed by atoms with Gasteiger partial charge in [0, 0.05) is 6.92 Å². The maximum Gasteiger partial charge on any atom is 0.298 e. The summed E-state index contributed by atoms with van der Waals surface area (Å²) in [5, 5.41) is 0. The molecule has 6 heteroatoms. The maximum absolute atomic E-state index is 10.4. The molecule has 0 atom stereocenters. The second-order valence-electron chi connectivity index (χ2n) is 0.924. The number of carbonyl (C=O) groups excluding carboxylic acids is 2. The van der Waals surface area contributed by atoms with Crippen LogP contribution >= 0.6 is 0 Å². The molecule has 2 nitrogen and oxygen atoms in total. The molecule has 0 aliphatic rings. The van der Waals surface area contributed by atoms with Crippen molar-refractivity contribution in [3.63, 3.8) is 0 Å². The largest absolute Gasteiger partial charge is 1.00 e. The molecular weight excluding hydrogens is 700 g/mol. The van der Waals surface area contributed by atoms with Crippen molar-refractivity contribution in [2.24, 2.45) is 0 Å². The van der Waals surface area contributed by atoms with E-state index in [4.69, 9.17) is 9.59 Å². The number of hydrogen-bond donors (Lipinski definition) is 0. The van der Waals surface area contributed by atoms with Crippen LogP contribution in [0, 0.1) is 13.6 Å². The van der Waals surface area contributed by atoms with Gasteiger partial charge in [0.2, 0.25) is 0 Å². The van der Waals surface area contributed by atoms with Gasteiger partial charge in [-0.25, -0.2) is 0 Å². The molecule has 0 aromatic carbocycles. The molecule has 0 heterocycles. The quantitative estimate of drug-likeness (QED) is 0.220. The summed E-state index contributed by atoms with van der Waals surface area (Å²) in [7, 11) is 0. The Labute approximate surface area is 74.5 Å². The van der Waals surface area contributed by atoms with Crippen LogP contribution in [0.4, 0.5) is 8.78 Å². The number of aldehydes is 1. The van der Waals surface area contributed by atoms with E-state index in [1.807, 2.05) is 0 Å². The van der Waals surface area contributed by atoms with Crippen LogP contribution < -0.4 is 0 Å². The normalized spacial score (nSPS) is 4.50. The van der Waals surface area contributed by atoms with Crippen LogP contribution in [0.3, 0.4) is 0 Å². The van der Waals surface area contributed by atoms with Gasteiger partial charge in [-0.05, 0) is 6.92 Å². The third-order valence-electron chi connectivity index (χ3n) is 0. The predicted molar refractivity (Wildman–Crippen MR) is 46.8 cm³/mol. The minimum Gasteiger partial charge on any atom is -1.00 e. The Kier molecular flexibility index (Phi) is 549. The molecule has 82 valence electrons. The minimum atomic E-state index is -1.33. The van der Waals surface area contributed by atoms with Gasteiger partial charge >= 0.3 is 0 Å². The van der Waals surface area contributed by atoms with Crippen LogP contribution in [0.1, 0.15) is 29.1 Å². The Morgan fingerprint density at radius 2 is 1.43 bits per heavy atom. The summed E-state index contributed by atoms with van der Waals surface area (Å²) in [6.07, 6.45) is 0.750. The Morgan fingerprint density at radius 3 is 1.43 bits per heavy atom. The summed E-state index contributed by atoms with van der Waals surface area (Å²) in [4.78, 5) is 17.6. The van der Waals surface area contributed by atoms with Gasteiger partial charge in [0.05, 0.1) is 0 Å². The molecule has 0 N–H and O–H groups in total. The Hall–Kier alpha value is -2.80. The van der Waals surface area contributed by atoms with Crippen LogP contribution in [0.5, 0.6) is 0 Å². The molecule has 0 unspecified atom stereocenters. The zero-order valence-corrected chi connectivity index (χ0v) is 22.1. The van der Waals surface area contributed by atoms with Crippen molar-refractivity contribution in [1.29, 1.82) is 0 Å². The molecule has 0 rings (SSSR count). The molecule has 0 fully saturated rings. The van der Waals surface area contributed by atoms with Crippen molar-refractivity contribution in [1.82, 2.24) is 0 Å². The van der Waals surface area contributed by atoms with Crippen LogP contribution in [-0.2, 0) is 9.59 Å². The van der Waals surface area contributed by atoms with Crippen LogP contribution in [0.2, 0.25) is 0 Å². The van der Waals surface area contributed by atoms with Gasteiger partial charge in [0.25, 0.3) is 6.04 Å². The van der Waals surface area contributed by atoms with E-state index in [1.165, 1.54) is 13.8 Å². The average Bonchev–Trinajstić information content (AvgIpc) is 1.92. The van der Waals surface area contributed by atoms with Gasteiger partial charge in [-0.2, -0.15) is 24.9 Å². The van der Waals surface area contributed by atoms with E-state index in [2.05, 4.69) is 6.92 Å². The summed E-state index contributed by atoms with van der Waals surface area (Å²) in [6, 6.07) is -1.33. The summed E-state index contributed by atoms with van der Waals surface area (Å²) >= 11 is 0. The smallest absolute Gasteiger partial charge is 0.298 e. The fourth-order valence-electron chi connectivity index (χ4n) is 0. The number of carbonyl (C=O) groups is 2. The van der Waals surface area contributed by atoms with E-state index in [-0.39, 0.29) is 1.43 Å². The van der Waals surface area contributed by atoms with E-state index >= 15 is 0 Å². The molecule has 0 aromatic rings. The van der Waals surface area contributed by atoms with Crippen LogP contribution in [0.25, 0.3) is 0 Å². The third-order valence-corrected chi connectivity index (χ3v) is 0. The number of halogens is 2. The third kappa shape index (κ3) is 78.9. The minimum absolute atomic E-state index is 0. The molecule has 0 radical (unpaired) electrons. The van der Waals surface area contributed by atoms with E-state index < -0.39 is 6.04 Å². The summed E-state index contributed by atoms with van der Waals surface area (Å²) in [5.74, 6) is 0. The molecule has 14 heavy (non-hydrogen) atoms. The topological polar surface area (TPSA) is 34.1 Å². The Morgan fingerprint density at radius 1 is 1.43 bits per heavy atom. The fraction of sp³-hybridized carbons (Fsp3) is 0.500. The molecule has 0 amide bonds. The molecule has 0 bridgehead atoms. The first kappa shape index (κ1) is 43.1. The standard InChI is InChI=1S/C2H3FO.C2H4F.C2H4O.C2H5.2Rf.H/c1-2(3)4;2*1-2-3;1-2;;;/h1H3;2*2H,1H3;1H2,2H3;;;/q;-1;;-1;;;-1. The van der Waals surface area contributed by atoms with Gasteiger partial charge < -0.3 is 17.5 Å². The summed E-state index contributed by atoms with van der Waals surface area (Å²) < 4.78 is 20.5. The summed E-state index contributed by atoms with van der Waals surface area (Å²) in [6.45, 7) is 9.14. The molecule has 0 saturated carbocycles. The van der Waals surface area contributed by atoms with Gasteiger partial charge in [0.15, 0.2) is 0 Å². The second kappa shape index (κ2) is 178. The molecule has 0 spiro atoms. The van der Waals surface area contributed by atoms with E-state index in [0.717, 1.165) is 13.2 Å². The van der Waals surface area contributed by atoms with Gasteiger partial charge in [-0.1, -0.05) is 0 Å². The van der Waals surface area contributed by atoms with Gasteiger partial charge in [0.1, 0.15) is 6.29 Å². The first-order chi connectivity index (χ1) is 5.56. The predicted octanol–water partition coefficient (Wildman–Crippen LogP) is 2.80. The number of rotatable bonds is 0. The molecular formula is C8H17F2O2Rf2-3. The van der Waals surface area contributed by atoms with E-state index in [0.29, 0.717) is 6.67 Å². The molecule has 0 aromatic heterocycles. The van der Waals surface area contributed by atoms with E-state index in [1.54, 1.807) is 6.92 Å². The number of hydrogen-bond acceptors (Lipinski definition) is 2. The van der Waals surface area contributed by atoms with Crippen molar-refractivity contribution in [2.75, 3.05) is 0 Å². The first-order valence-electron chi connectivity index (χ1n) is 3.21.